The molecule has 3 rings (SSSR count). The van der Waals surface area contributed by atoms with E-state index < -0.39 is 0 Å². The summed E-state index contributed by atoms with van der Waals surface area (Å²) in [5.41, 5.74) is 1.20. The van der Waals surface area contributed by atoms with Crippen molar-refractivity contribution in [3.8, 4) is 11.5 Å². The van der Waals surface area contributed by atoms with Crippen molar-refractivity contribution in [3.05, 3.63) is 76.9 Å². The molecule has 0 fully saturated rings. The SMILES string of the molecule is C=CCOc1cccc2c1C(=O)c1ccc(/C=C/C)c(O)c1C2=O. The molecule has 0 aromatic heterocycles. The summed E-state index contributed by atoms with van der Waals surface area (Å²) in [5.74, 6) is -0.547. The quantitative estimate of drug-likeness (QED) is 0.743. The zero-order valence-corrected chi connectivity index (χ0v) is 13.2. The van der Waals surface area contributed by atoms with Crippen molar-refractivity contribution >= 4 is 17.6 Å². The van der Waals surface area contributed by atoms with E-state index in [2.05, 4.69) is 6.58 Å². The first-order valence-corrected chi connectivity index (χ1v) is 7.55. The van der Waals surface area contributed by atoms with Crippen LogP contribution in [0.4, 0.5) is 0 Å². The number of fused-ring (bicyclic) bond motifs is 2. The smallest absolute Gasteiger partial charge is 0.198 e. The number of phenols is 1. The number of hydrogen-bond donors (Lipinski definition) is 1. The number of carbonyl (C=O) groups is 2. The minimum Gasteiger partial charge on any atom is -0.507 e. The van der Waals surface area contributed by atoms with Gasteiger partial charge < -0.3 is 9.84 Å². The maximum atomic E-state index is 12.9. The van der Waals surface area contributed by atoms with E-state index in [9.17, 15) is 14.7 Å². The lowest BCUT2D eigenvalue weighted by Crippen LogP contribution is -2.22. The van der Waals surface area contributed by atoms with E-state index in [1.54, 1.807) is 48.6 Å². The van der Waals surface area contributed by atoms with Gasteiger partial charge in [0.15, 0.2) is 11.6 Å². The van der Waals surface area contributed by atoms with Gasteiger partial charge in [0, 0.05) is 16.7 Å². The van der Waals surface area contributed by atoms with Crippen LogP contribution < -0.4 is 4.74 Å². The number of ketones is 2. The number of carbonyl (C=O) groups excluding carboxylic acids is 2. The molecule has 120 valence electrons. The molecule has 0 spiro atoms. The van der Waals surface area contributed by atoms with Gasteiger partial charge >= 0.3 is 0 Å². The zero-order valence-electron chi connectivity index (χ0n) is 13.2. The highest BCUT2D eigenvalue weighted by Crippen LogP contribution is 2.38. The second kappa shape index (κ2) is 6.16. The molecule has 0 atom stereocenters. The maximum absolute atomic E-state index is 12.9. The first kappa shape index (κ1) is 15.7. The molecular weight excluding hydrogens is 304 g/mol. The molecule has 0 aliphatic heterocycles. The van der Waals surface area contributed by atoms with Crippen molar-refractivity contribution in [1.82, 2.24) is 0 Å². The number of benzene rings is 2. The summed E-state index contributed by atoms with van der Waals surface area (Å²) >= 11 is 0. The van der Waals surface area contributed by atoms with Crippen LogP contribution in [-0.2, 0) is 0 Å². The van der Waals surface area contributed by atoms with E-state index in [1.165, 1.54) is 0 Å². The van der Waals surface area contributed by atoms with E-state index in [0.29, 0.717) is 11.3 Å². The number of aromatic hydroxyl groups is 1. The standard InChI is InChI=1S/C20H16O4/c1-3-6-12-9-10-14-17(18(12)21)20(23)13-7-5-8-15(24-11-4-2)16(13)19(14)22/h3-10,21H,2,11H2,1H3/b6-3+. The average Bonchev–Trinajstić information content (AvgIpc) is 2.59. The number of rotatable bonds is 4. The summed E-state index contributed by atoms with van der Waals surface area (Å²) in [6.45, 7) is 5.62. The summed E-state index contributed by atoms with van der Waals surface area (Å²) in [5, 5.41) is 10.4. The molecular formula is C20H16O4. The van der Waals surface area contributed by atoms with Crippen LogP contribution >= 0.6 is 0 Å². The second-order valence-electron chi connectivity index (χ2n) is 5.36. The molecule has 0 saturated carbocycles. The van der Waals surface area contributed by atoms with Crippen LogP contribution in [-0.4, -0.2) is 23.3 Å². The van der Waals surface area contributed by atoms with Gasteiger partial charge in [0.1, 0.15) is 18.1 Å². The van der Waals surface area contributed by atoms with Gasteiger partial charge in [0.05, 0.1) is 11.1 Å². The van der Waals surface area contributed by atoms with Gasteiger partial charge in [-0.2, -0.15) is 0 Å². The van der Waals surface area contributed by atoms with E-state index in [-0.39, 0.29) is 46.2 Å². The van der Waals surface area contributed by atoms with Gasteiger partial charge in [-0.05, 0) is 19.1 Å². The molecule has 4 heteroatoms. The third kappa shape index (κ3) is 2.33. The molecule has 0 bridgehead atoms. The fraction of sp³-hybridized carbons (Fsp3) is 0.100. The topological polar surface area (TPSA) is 63.6 Å². The first-order valence-electron chi connectivity index (χ1n) is 7.55. The van der Waals surface area contributed by atoms with Gasteiger partial charge in [-0.3, -0.25) is 9.59 Å². The average molecular weight is 320 g/mol. The third-order valence-corrected chi connectivity index (χ3v) is 3.88. The molecule has 0 heterocycles. The van der Waals surface area contributed by atoms with E-state index in [4.69, 9.17) is 4.74 Å². The number of hydrogen-bond acceptors (Lipinski definition) is 4. The molecule has 2 aromatic rings. The second-order valence-corrected chi connectivity index (χ2v) is 5.36. The normalized spacial score (nSPS) is 12.9. The van der Waals surface area contributed by atoms with Crippen molar-refractivity contribution < 1.29 is 19.4 Å². The minimum absolute atomic E-state index is 0.0453. The van der Waals surface area contributed by atoms with Crippen LogP contribution in [0.15, 0.2) is 49.1 Å². The van der Waals surface area contributed by atoms with Gasteiger partial charge in [-0.15, -0.1) is 0 Å². The third-order valence-electron chi connectivity index (χ3n) is 3.88. The van der Waals surface area contributed by atoms with Crippen molar-refractivity contribution in [2.24, 2.45) is 0 Å². The van der Waals surface area contributed by atoms with E-state index in [1.807, 2.05) is 6.92 Å². The summed E-state index contributed by atoms with van der Waals surface area (Å²) in [6, 6.07) is 8.06. The Hall–Kier alpha value is -3.14. The monoisotopic (exact) mass is 320 g/mol. The fourth-order valence-electron chi connectivity index (χ4n) is 2.83. The summed E-state index contributed by atoms with van der Waals surface area (Å²) in [6.07, 6.45) is 5.01. The molecule has 4 nitrogen and oxygen atoms in total. The van der Waals surface area contributed by atoms with E-state index in [0.717, 1.165) is 0 Å². The molecule has 1 N–H and O–H groups in total. The van der Waals surface area contributed by atoms with Crippen LogP contribution in [0.3, 0.4) is 0 Å². The van der Waals surface area contributed by atoms with Crippen molar-refractivity contribution in [2.45, 2.75) is 6.92 Å². The van der Waals surface area contributed by atoms with Crippen LogP contribution in [0.1, 0.15) is 44.3 Å². The summed E-state index contributed by atoms with van der Waals surface area (Å²) < 4.78 is 5.52. The highest BCUT2D eigenvalue weighted by atomic mass is 16.5. The first-order chi connectivity index (χ1) is 11.6. The Morgan fingerprint density at radius 1 is 1.08 bits per heavy atom. The highest BCUT2D eigenvalue weighted by molar-refractivity contribution is 6.30. The Morgan fingerprint density at radius 3 is 2.50 bits per heavy atom. The molecule has 0 unspecified atom stereocenters. The Labute approximate surface area is 139 Å². The van der Waals surface area contributed by atoms with Crippen LogP contribution in [0.25, 0.3) is 6.08 Å². The molecule has 1 aliphatic carbocycles. The lowest BCUT2D eigenvalue weighted by Gasteiger charge is -2.21. The lowest BCUT2D eigenvalue weighted by atomic mass is 9.82. The van der Waals surface area contributed by atoms with Gasteiger partial charge in [-0.1, -0.05) is 43.0 Å². The maximum Gasteiger partial charge on any atom is 0.198 e. The predicted molar refractivity (Wildman–Crippen MR) is 91.8 cm³/mol. The van der Waals surface area contributed by atoms with E-state index >= 15 is 0 Å². The lowest BCUT2D eigenvalue weighted by molar-refractivity contribution is 0.0973. The van der Waals surface area contributed by atoms with Gasteiger partial charge in [0.2, 0.25) is 0 Å². The molecule has 0 radical (unpaired) electrons. The Morgan fingerprint density at radius 2 is 1.79 bits per heavy atom. The van der Waals surface area contributed by atoms with Gasteiger partial charge in [-0.25, -0.2) is 0 Å². The number of phenolic OH excluding ortho intramolecular Hbond substituents is 1. The molecule has 1 aliphatic rings. The van der Waals surface area contributed by atoms with Crippen LogP contribution in [0, 0.1) is 0 Å². The summed E-state index contributed by atoms with van der Waals surface area (Å²) in [4.78, 5) is 25.7. The Kier molecular flexibility index (Phi) is 4.04. The summed E-state index contributed by atoms with van der Waals surface area (Å²) in [7, 11) is 0. The number of ether oxygens (including phenoxy) is 1. The fourth-order valence-corrected chi connectivity index (χ4v) is 2.83. The number of allylic oxidation sites excluding steroid dienone is 1. The Balaban J connectivity index is 2.22. The molecule has 2 aromatic carbocycles. The zero-order chi connectivity index (χ0) is 17.3. The largest absolute Gasteiger partial charge is 0.507 e. The van der Waals surface area contributed by atoms with Crippen molar-refractivity contribution in [3.63, 3.8) is 0 Å². The van der Waals surface area contributed by atoms with Gasteiger partial charge in [0.25, 0.3) is 0 Å². The molecule has 24 heavy (non-hydrogen) atoms. The molecule has 0 amide bonds. The minimum atomic E-state index is -0.382. The predicted octanol–water partition coefficient (Wildman–Crippen LogP) is 3.77. The van der Waals surface area contributed by atoms with Crippen LogP contribution in [0.2, 0.25) is 0 Å². The highest BCUT2D eigenvalue weighted by Gasteiger charge is 2.34. The van der Waals surface area contributed by atoms with Crippen LogP contribution in [0.5, 0.6) is 11.5 Å². The Bertz CT molecular complexity index is 891. The molecule has 0 saturated heterocycles. The van der Waals surface area contributed by atoms with Crippen molar-refractivity contribution in [2.75, 3.05) is 6.61 Å². The van der Waals surface area contributed by atoms with Crippen molar-refractivity contribution in [1.29, 1.82) is 0 Å².